The van der Waals surface area contributed by atoms with E-state index in [4.69, 9.17) is 4.74 Å². The molecule has 0 unspecified atom stereocenters. The minimum Gasteiger partial charge on any atom is -0.385 e. The summed E-state index contributed by atoms with van der Waals surface area (Å²) in [5.74, 6) is -0.0834. The molecule has 5 nitrogen and oxygen atoms in total. The molecule has 0 atom stereocenters. The van der Waals surface area contributed by atoms with Crippen molar-refractivity contribution in [3.05, 3.63) is 29.3 Å². The Morgan fingerprint density at radius 3 is 2.95 bits per heavy atom. The summed E-state index contributed by atoms with van der Waals surface area (Å²) in [5, 5.41) is 5.78. The normalized spacial score (nSPS) is 18.0. The van der Waals surface area contributed by atoms with Gasteiger partial charge in [-0.15, -0.1) is 0 Å². The van der Waals surface area contributed by atoms with Crippen LogP contribution in [0.25, 0.3) is 0 Å². The summed E-state index contributed by atoms with van der Waals surface area (Å²) in [7, 11) is 1.70. The van der Waals surface area contributed by atoms with Crippen LogP contribution in [-0.2, 0) is 16.0 Å². The van der Waals surface area contributed by atoms with Crippen molar-refractivity contribution in [2.24, 2.45) is 5.41 Å². The molecule has 2 amide bonds. The minimum absolute atomic E-state index is 0.0148. The van der Waals surface area contributed by atoms with Gasteiger partial charge in [0.1, 0.15) is 0 Å². The lowest BCUT2D eigenvalue weighted by atomic mass is 10.0. The van der Waals surface area contributed by atoms with Crippen LogP contribution in [0.2, 0.25) is 0 Å². The summed E-state index contributed by atoms with van der Waals surface area (Å²) in [6.07, 6.45) is 3.65. The van der Waals surface area contributed by atoms with E-state index in [0.29, 0.717) is 18.5 Å². The Hall–Kier alpha value is -1.88. The zero-order valence-electron chi connectivity index (χ0n) is 12.2. The van der Waals surface area contributed by atoms with Crippen LogP contribution in [0.1, 0.15) is 35.2 Å². The number of benzene rings is 1. The molecule has 1 aromatic carbocycles. The number of hydrogen-bond donors (Lipinski definition) is 2. The zero-order valence-corrected chi connectivity index (χ0v) is 12.2. The molecule has 2 aliphatic rings. The van der Waals surface area contributed by atoms with Crippen molar-refractivity contribution in [3.63, 3.8) is 0 Å². The molecule has 1 aliphatic heterocycles. The number of carbonyl (C=O) groups is 2. The Bertz CT molecular complexity index is 579. The summed E-state index contributed by atoms with van der Waals surface area (Å²) in [6, 6.07) is 5.36. The first-order valence-corrected chi connectivity index (χ1v) is 7.32. The molecule has 0 saturated heterocycles. The Kier molecular flexibility index (Phi) is 3.68. The minimum atomic E-state index is -0.0687. The molecule has 1 fully saturated rings. The van der Waals surface area contributed by atoms with Gasteiger partial charge in [-0.05, 0) is 48.4 Å². The molecule has 1 aliphatic carbocycles. The number of amides is 2. The van der Waals surface area contributed by atoms with Gasteiger partial charge in [0.15, 0.2) is 0 Å². The van der Waals surface area contributed by atoms with Crippen molar-refractivity contribution < 1.29 is 14.3 Å². The second-order valence-corrected chi connectivity index (χ2v) is 6.02. The number of nitrogens with one attached hydrogen (secondary N) is 2. The maximum Gasteiger partial charge on any atom is 0.251 e. The Balaban J connectivity index is 1.59. The summed E-state index contributed by atoms with van der Waals surface area (Å²) >= 11 is 0. The lowest BCUT2D eigenvalue weighted by Gasteiger charge is -2.15. The smallest absolute Gasteiger partial charge is 0.251 e. The van der Waals surface area contributed by atoms with Gasteiger partial charge in [-0.3, -0.25) is 9.59 Å². The molecular formula is C16H20N2O3. The van der Waals surface area contributed by atoms with E-state index in [1.807, 2.05) is 0 Å². The van der Waals surface area contributed by atoms with Gasteiger partial charge in [0.25, 0.3) is 5.91 Å². The van der Waals surface area contributed by atoms with Gasteiger partial charge in [0.05, 0.1) is 6.42 Å². The third-order valence-electron chi connectivity index (χ3n) is 4.41. The van der Waals surface area contributed by atoms with Gasteiger partial charge in [0, 0.05) is 31.5 Å². The van der Waals surface area contributed by atoms with Crippen LogP contribution >= 0.6 is 0 Å². The lowest BCUT2D eigenvalue weighted by molar-refractivity contribution is -0.115. The van der Waals surface area contributed by atoms with Crippen LogP contribution in [0.15, 0.2) is 18.2 Å². The molecular weight excluding hydrogens is 268 g/mol. The van der Waals surface area contributed by atoms with E-state index in [9.17, 15) is 9.59 Å². The van der Waals surface area contributed by atoms with Gasteiger partial charge >= 0.3 is 0 Å². The van der Waals surface area contributed by atoms with Crippen LogP contribution in [0, 0.1) is 5.41 Å². The average Bonchev–Trinajstić information content (AvgIpc) is 3.15. The number of carbonyl (C=O) groups excluding carboxylic acids is 2. The fourth-order valence-electron chi connectivity index (χ4n) is 2.75. The highest BCUT2D eigenvalue weighted by Gasteiger charge is 2.42. The predicted octanol–water partition coefficient (Wildman–Crippen LogP) is 1.73. The SMILES string of the molecule is COCCC1(CNC(=O)c2ccc3c(c2)CC(=O)N3)CC1. The number of hydrogen-bond acceptors (Lipinski definition) is 3. The number of ether oxygens (including phenoxy) is 1. The second-order valence-electron chi connectivity index (χ2n) is 6.02. The molecule has 0 aromatic heterocycles. The zero-order chi connectivity index (χ0) is 14.9. The molecule has 3 rings (SSSR count). The van der Waals surface area contributed by atoms with E-state index in [0.717, 1.165) is 37.1 Å². The van der Waals surface area contributed by atoms with E-state index in [2.05, 4.69) is 10.6 Å². The maximum atomic E-state index is 12.2. The molecule has 1 heterocycles. The molecule has 0 spiro atoms. The summed E-state index contributed by atoms with van der Waals surface area (Å²) in [5.41, 5.74) is 2.57. The standard InChI is InChI=1S/C16H20N2O3/c1-21-7-6-16(4-5-16)10-17-15(20)11-2-3-13-12(8-11)9-14(19)18-13/h2-3,8H,4-7,9-10H2,1H3,(H,17,20)(H,18,19). The van der Waals surface area contributed by atoms with Gasteiger partial charge in [-0.2, -0.15) is 0 Å². The van der Waals surface area contributed by atoms with Crippen molar-refractivity contribution in [1.82, 2.24) is 5.32 Å². The van der Waals surface area contributed by atoms with E-state index in [1.165, 1.54) is 0 Å². The van der Waals surface area contributed by atoms with Crippen LogP contribution in [-0.4, -0.2) is 32.1 Å². The van der Waals surface area contributed by atoms with Gasteiger partial charge in [-0.1, -0.05) is 0 Å². The van der Waals surface area contributed by atoms with Crippen molar-refractivity contribution in [1.29, 1.82) is 0 Å². The van der Waals surface area contributed by atoms with E-state index >= 15 is 0 Å². The highest BCUT2D eigenvalue weighted by atomic mass is 16.5. The number of methoxy groups -OCH3 is 1. The fraction of sp³-hybridized carbons (Fsp3) is 0.500. The van der Waals surface area contributed by atoms with Crippen LogP contribution in [0.5, 0.6) is 0 Å². The molecule has 0 radical (unpaired) electrons. The maximum absolute atomic E-state index is 12.2. The van der Waals surface area contributed by atoms with E-state index in [-0.39, 0.29) is 17.2 Å². The second kappa shape index (κ2) is 5.48. The monoisotopic (exact) mass is 288 g/mol. The van der Waals surface area contributed by atoms with Crippen molar-refractivity contribution >= 4 is 17.5 Å². The Morgan fingerprint density at radius 2 is 2.24 bits per heavy atom. The molecule has 1 saturated carbocycles. The average molecular weight is 288 g/mol. The largest absolute Gasteiger partial charge is 0.385 e. The van der Waals surface area contributed by atoms with Crippen LogP contribution in [0.4, 0.5) is 5.69 Å². The van der Waals surface area contributed by atoms with Crippen molar-refractivity contribution in [2.45, 2.75) is 25.7 Å². The van der Waals surface area contributed by atoms with Crippen LogP contribution < -0.4 is 10.6 Å². The first kappa shape index (κ1) is 14.1. The highest BCUT2D eigenvalue weighted by molar-refractivity contribution is 6.01. The van der Waals surface area contributed by atoms with Gasteiger partial charge < -0.3 is 15.4 Å². The van der Waals surface area contributed by atoms with Crippen molar-refractivity contribution in [2.75, 3.05) is 25.6 Å². The molecule has 0 bridgehead atoms. The Labute approximate surface area is 124 Å². The third-order valence-corrected chi connectivity index (χ3v) is 4.41. The van der Waals surface area contributed by atoms with Gasteiger partial charge in [-0.25, -0.2) is 0 Å². The van der Waals surface area contributed by atoms with Crippen molar-refractivity contribution in [3.8, 4) is 0 Å². The van der Waals surface area contributed by atoms with Crippen LogP contribution in [0.3, 0.4) is 0 Å². The van der Waals surface area contributed by atoms with E-state index < -0.39 is 0 Å². The summed E-state index contributed by atoms with van der Waals surface area (Å²) < 4.78 is 5.12. The van der Waals surface area contributed by atoms with Gasteiger partial charge in [0.2, 0.25) is 5.91 Å². The molecule has 5 heteroatoms. The van der Waals surface area contributed by atoms with E-state index in [1.54, 1.807) is 25.3 Å². The number of fused-ring (bicyclic) bond motifs is 1. The third kappa shape index (κ3) is 3.08. The summed E-state index contributed by atoms with van der Waals surface area (Å²) in [4.78, 5) is 23.6. The number of anilines is 1. The first-order valence-electron chi connectivity index (χ1n) is 7.32. The fourth-order valence-corrected chi connectivity index (χ4v) is 2.75. The predicted molar refractivity (Wildman–Crippen MR) is 79.3 cm³/mol. The molecule has 21 heavy (non-hydrogen) atoms. The number of rotatable bonds is 6. The quantitative estimate of drug-likeness (QED) is 0.837. The molecule has 1 aromatic rings. The Morgan fingerprint density at radius 1 is 1.43 bits per heavy atom. The topological polar surface area (TPSA) is 67.4 Å². The molecule has 2 N–H and O–H groups in total. The summed E-state index contributed by atoms with van der Waals surface area (Å²) in [6.45, 7) is 1.44. The highest BCUT2D eigenvalue weighted by Crippen LogP contribution is 2.48. The first-order chi connectivity index (χ1) is 10.1. The lowest BCUT2D eigenvalue weighted by Crippen LogP contribution is -2.30. The molecule has 112 valence electrons.